The summed E-state index contributed by atoms with van der Waals surface area (Å²) in [5.74, 6) is 1.67. The monoisotopic (exact) mass is 315 g/mol. The lowest BCUT2D eigenvalue weighted by atomic mass is 10.0. The summed E-state index contributed by atoms with van der Waals surface area (Å²) in [6, 6.07) is 1.95. The Morgan fingerprint density at radius 2 is 2.41 bits per heavy atom. The number of aryl methyl sites for hydroxylation is 1. The normalized spacial score (nSPS) is 17.5. The predicted molar refractivity (Wildman–Crippen MR) is 86.3 cm³/mol. The summed E-state index contributed by atoms with van der Waals surface area (Å²) >= 11 is 1.52. The first-order chi connectivity index (χ1) is 10.7. The Morgan fingerprint density at radius 3 is 3.14 bits per heavy atom. The zero-order valence-electron chi connectivity index (χ0n) is 12.3. The van der Waals surface area contributed by atoms with Gasteiger partial charge in [0.25, 0.3) is 0 Å². The molecule has 1 saturated heterocycles. The van der Waals surface area contributed by atoms with Crippen LogP contribution in [0.3, 0.4) is 0 Å². The van der Waals surface area contributed by atoms with Crippen LogP contribution >= 0.6 is 11.3 Å². The highest BCUT2D eigenvalue weighted by Crippen LogP contribution is 2.28. The molecular weight excluding hydrogens is 298 g/mol. The van der Waals surface area contributed by atoms with Gasteiger partial charge in [-0.2, -0.15) is 0 Å². The minimum Gasteiger partial charge on any atom is -0.338 e. The number of hydrogen-bond donors (Lipinski definition) is 1. The van der Waals surface area contributed by atoms with Crippen LogP contribution in [0, 0.1) is 6.92 Å². The largest absolute Gasteiger partial charge is 0.338 e. The van der Waals surface area contributed by atoms with Crippen LogP contribution in [0.5, 0.6) is 0 Å². The number of hydrogen-bond acceptors (Lipinski definition) is 6. The van der Waals surface area contributed by atoms with Gasteiger partial charge in [0.1, 0.15) is 11.6 Å². The summed E-state index contributed by atoms with van der Waals surface area (Å²) in [4.78, 5) is 26.6. The number of rotatable bonds is 4. The molecule has 0 aliphatic carbocycles. The van der Waals surface area contributed by atoms with Gasteiger partial charge in [0, 0.05) is 36.7 Å². The molecule has 3 heterocycles. The number of amides is 1. The van der Waals surface area contributed by atoms with Crippen molar-refractivity contribution in [1.29, 1.82) is 0 Å². The van der Waals surface area contributed by atoms with Crippen LogP contribution in [0.4, 0.5) is 10.9 Å². The number of nitrogens with one attached hydrogen (secondary N) is 1. The summed E-state index contributed by atoms with van der Waals surface area (Å²) < 4.78 is 0. The summed E-state index contributed by atoms with van der Waals surface area (Å²) in [5.41, 5.74) is 0.964. The maximum atomic E-state index is 11.7. The first-order valence-corrected chi connectivity index (χ1v) is 7.97. The van der Waals surface area contributed by atoms with Crippen molar-refractivity contribution in [3.63, 3.8) is 0 Å². The van der Waals surface area contributed by atoms with Crippen molar-refractivity contribution in [1.82, 2.24) is 19.9 Å². The predicted octanol–water partition coefficient (Wildman–Crippen LogP) is 2.49. The zero-order valence-corrected chi connectivity index (χ0v) is 13.1. The van der Waals surface area contributed by atoms with Gasteiger partial charge >= 0.3 is 0 Å². The molecule has 22 heavy (non-hydrogen) atoms. The smallest absolute Gasteiger partial charge is 0.245 e. The maximum Gasteiger partial charge on any atom is 0.245 e. The number of likely N-dealkylation sites (tertiary alicyclic amines) is 1. The Hall–Kier alpha value is -2.28. The molecule has 1 amide bonds. The van der Waals surface area contributed by atoms with E-state index < -0.39 is 0 Å². The van der Waals surface area contributed by atoms with Gasteiger partial charge in [-0.05, 0) is 19.4 Å². The second kappa shape index (κ2) is 6.23. The van der Waals surface area contributed by atoms with Gasteiger partial charge in [-0.1, -0.05) is 6.58 Å². The Morgan fingerprint density at radius 1 is 1.55 bits per heavy atom. The van der Waals surface area contributed by atoms with E-state index in [2.05, 4.69) is 26.8 Å². The first-order valence-electron chi connectivity index (χ1n) is 7.09. The minimum absolute atomic E-state index is 0.0191. The van der Waals surface area contributed by atoms with Gasteiger partial charge in [0.2, 0.25) is 5.91 Å². The summed E-state index contributed by atoms with van der Waals surface area (Å²) in [6.07, 6.45) is 4.02. The Labute approximate surface area is 132 Å². The number of anilines is 2. The third-order valence-electron chi connectivity index (χ3n) is 3.62. The van der Waals surface area contributed by atoms with Crippen LogP contribution in [0.25, 0.3) is 0 Å². The molecule has 1 fully saturated rings. The average Bonchev–Trinajstić information content (AvgIpc) is 3.17. The number of aromatic nitrogens is 3. The van der Waals surface area contributed by atoms with Crippen molar-refractivity contribution in [3.05, 3.63) is 41.8 Å². The van der Waals surface area contributed by atoms with E-state index in [-0.39, 0.29) is 11.8 Å². The molecule has 0 aromatic carbocycles. The SMILES string of the molecule is C=CC(=O)N1CC[C@@H](c2cc(Nc3nccs3)nc(C)n2)C1. The van der Waals surface area contributed by atoms with Gasteiger partial charge in [-0.15, -0.1) is 11.3 Å². The van der Waals surface area contributed by atoms with Crippen LogP contribution < -0.4 is 5.32 Å². The van der Waals surface area contributed by atoms with Gasteiger partial charge in [-0.3, -0.25) is 4.79 Å². The van der Waals surface area contributed by atoms with Gasteiger partial charge in [0.05, 0.1) is 5.69 Å². The first kappa shape index (κ1) is 14.6. The lowest BCUT2D eigenvalue weighted by Crippen LogP contribution is -2.26. The molecule has 2 aromatic heterocycles. The molecule has 0 bridgehead atoms. The molecule has 1 aliphatic heterocycles. The molecule has 3 rings (SSSR count). The van der Waals surface area contributed by atoms with Crippen molar-refractivity contribution in [2.45, 2.75) is 19.3 Å². The standard InChI is InChI=1S/C15H17N5OS/c1-3-14(21)20-6-4-11(9-20)12-8-13(18-10(2)17-12)19-15-16-5-7-22-15/h3,5,7-8,11H,1,4,6,9H2,2H3,(H,16,17,18,19)/t11-/m1/s1. The Kier molecular flexibility index (Phi) is 4.15. The molecule has 1 atom stereocenters. The van der Waals surface area contributed by atoms with E-state index in [1.54, 1.807) is 6.20 Å². The summed E-state index contributed by atoms with van der Waals surface area (Å²) in [6.45, 7) is 6.84. The van der Waals surface area contributed by atoms with Crippen LogP contribution in [-0.4, -0.2) is 38.8 Å². The van der Waals surface area contributed by atoms with Crippen LogP contribution in [0.15, 0.2) is 30.3 Å². The van der Waals surface area contributed by atoms with E-state index in [1.165, 1.54) is 17.4 Å². The van der Waals surface area contributed by atoms with Crippen molar-refractivity contribution < 1.29 is 4.79 Å². The highest BCUT2D eigenvalue weighted by molar-refractivity contribution is 7.13. The van der Waals surface area contributed by atoms with Crippen molar-refractivity contribution in [2.24, 2.45) is 0 Å². The third kappa shape index (κ3) is 3.14. The van der Waals surface area contributed by atoms with Crippen molar-refractivity contribution >= 4 is 28.2 Å². The third-order valence-corrected chi connectivity index (χ3v) is 4.31. The maximum absolute atomic E-state index is 11.7. The molecule has 1 N–H and O–H groups in total. The second-order valence-electron chi connectivity index (χ2n) is 5.16. The van der Waals surface area contributed by atoms with E-state index in [9.17, 15) is 4.79 Å². The van der Waals surface area contributed by atoms with Crippen molar-refractivity contribution in [2.75, 3.05) is 18.4 Å². The second-order valence-corrected chi connectivity index (χ2v) is 6.06. The topological polar surface area (TPSA) is 71.0 Å². The molecule has 0 unspecified atom stereocenters. The average molecular weight is 315 g/mol. The number of carbonyl (C=O) groups excluding carboxylic acids is 1. The fourth-order valence-corrected chi connectivity index (χ4v) is 3.13. The molecular formula is C15H17N5OS. The van der Waals surface area contributed by atoms with Gasteiger partial charge in [0.15, 0.2) is 5.13 Å². The van der Waals surface area contributed by atoms with Crippen LogP contribution in [-0.2, 0) is 4.79 Å². The summed E-state index contributed by atoms with van der Waals surface area (Å²) in [5, 5.41) is 5.91. The zero-order chi connectivity index (χ0) is 15.5. The molecule has 6 nitrogen and oxygen atoms in total. The molecule has 1 aliphatic rings. The van der Waals surface area contributed by atoms with Crippen LogP contribution in [0.1, 0.15) is 23.9 Å². The Bertz CT molecular complexity index is 685. The van der Waals surface area contributed by atoms with E-state index >= 15 is 0 Å². The van der Waals surface area contributed by atoms with E-state index in [0.29, 0.717) is 12.4 Å². The fourth-order valence-electron chi connectivity index (χ4n) is 2.59. The van der Waals surface area contributed by atoms with E-state index in [0.717, 1.165) is 29.6 Å². The van der Waals surface area contributed by atoms with E-state index in [4.69, 9.17) is 0 Å². The highest BCUT2D eigenvalue weighted by Gasteiger charge is 2.27. The van der Waals surface area contributed by atoms with Crippen molar-refractivity contribution in [3.8, 4) is 0 Å². The number of thiazole rings is 1. The molecule has 0 radical (unpaired) electrons. The summed E-state index contributed by atoms with van der Waals surface area (Å²) in [7, 11) is 0. The van der Waals surface area contributed by atoms with Crippen LogP contribution in [0.2, 0.25) is 0 Å². The van der Waals surface area contributed by atoms with E-state index in [1.807, 2.05) is 23.3 Å². The number of carbonyl (C=O) groups is 1. The van der Waals surface area contributed by atoms with Gasteiger partial charge < -0.3 is 10.2 Å². The lowest BCUT2D eigenvalue weighted by molar-refractivity contribution is -0.125. The quantitative estimate of drug-likeness (QED) is 0.878. The molecule has 7 heteroatoms. The minimum atomic E-state index is -0.0191. The Balaban J connectivity index is 1.78. The fraction of sp³-hybridized carbons (Fsp3) is 0.333. The number of nitrogens with zero attached hydrogens (tertiary/aromatic N) is 4. The molecule has 0 saturated carbocycles. The molecule has 0 spiro atoms. The highest BCUT2D eigenvalue weighted by atomic mass is 32.1. The molecule has 2 aromatic rings. The molecule has 114 valence electrons. The lowest BCUT2D eigenvalue weighted by Gasteiger charge is -2.14. The van der Waals surface area contributed by atoms with Gasteiger partial charge in [-0.25, -0.2) is 15.0 Å².